The summed E-state index contributed by atoms with van der Waals surface area (Å²) in [4.78, 5) is 0. The van der Waals surface area contributed by atoms with Crippen molar-refractivity contribution in [2.75, 3.05) is 0 Å². The number of phosphoric ester groups is 1. The monoisotopic (exact) mass is 560 g/mol. The Morgan fingerprint density at radius 1 is 0.488 bits per heavy atom. The lowest BCUT2D eigenvalue weighted by atomic mass is 9.84. The molecule has 1 saturated carbocycles. The fraction of sp³-hybridized carbons (Fsp3) is 0.167. The van der Waals surface area contributed by atoms with Gasteiger partial charge in [-0.3, -0.25) is 0 Å². The molecule has 0 heterocycles. The van der Waals surface area contributed by atoms with Crippen molar-refractivity contribution in [1.29, 1.82) is 0 Å². The molecule has 5 heteroatoms. The van der Waals surface area contributed by atoms with Gasteiger partial charge >= 0.3 is 7.82 Å². The van der Waals surface area contributed by atoms with Gasteiger partial charge in [0.2, 0.25) is 0 Å². The van der Waals surface area contributed by atoms with Crippen molar-refractivity contribution in [2.24, 2.45) is 0 Å². The molecule has 6 rings (SSSR count). The Morgan fingerprint density at radius 3 is 1.46 bits per heavy atom. The lowest BCUT2D eigenvalue weighted by Crippen LogP contribution is -2.09. The summed E-state index contributed by atoms with van der Waals surface area (Å²) < 4.78 is 33.2. The van der Waals surface area contributed by atoms with Crippen LogP contribution in [0.4, 0.5) is 0 Å². The summed E-state index contributed by atoms with van der Waals surface area (Å²) >= 11 is 0. The van der Waals surface area contributed by atoms with Gasteiger partial charge in [-0.1, -0.05) is 128 Å². The van der Waals surface area contributed by atoms with Crippen LogP contribution in [0.25, 0.3) is 22.3 Å². The highest BCUT2D eigenvalue weighted by Crippen LogP contribution is 2.53. The van der Waals surface area contributed by atoms with Gasteiger partial charge in [0.25, 0.3) is 0 Å². The summed E-state index contributed by atoms with van der Waals surface area (Å²) in [5, 5.41) is 0. The minimum atomic E-state index is -4.23. The Kier molecular flexibility index (Phi) is 8.21. The summed E-state index contributed by atoms with van der Waals surface area (Å²) in [5.41, 5.74) is 4.76. The Balaban J connectivity index is 1.35. The van der Waals surface area contributed by atoms with Gasteiger partial charge in [0.15, 0.2) is 0 Å². The molecule has 0 aliphatic heterocycles. The fourth-order valence-corrected chi connectivity index (χ4v) is 6.76. The lowest BCUT2D eigenvalue weighted by Gasteiger charge is -2.23. The molecular weight excluding hydrogens is 527 g/mol. The fourth-order valence-electron chi connectivity index (χ4n) is 5.47. The van der Waals surface area contributed by atoms with Gasteiger partial charge in [-0.05, 0) is 59.7 Å². The third kappa shape index (κ3) is 6.56. The van der Waals surface area contributed by atoms with Gasteiger partial charge in [0, 0.05) is 11.1 Å². The van der Waals surface area contributed by atoms with Crippen LogP contribution < -0.4 is 13.6 Å². The molecule has 0 aromatic heterocycles. The first-order valence-corrected chi connectivity index (χ1v) is 15.7. The summed E-state index contributed by atoms with van der Waals surface area (Å²) in [6, 6.07) is 42.6. The number of benzene rings is 5. The average molecular weight is 561 g/mol. The van der Waals surface area contributed by atoms with Crippen LogP contribution in [0, 0.1) is 0 Å². The van der Waals surface area contributed by atoms with E-state index in [9.17, 15) is 4.57 Å². The van der Waals surface area contributed by atoms with Crippen LogP contribution in [0.15, 0.2) is 133 Å². The molecule has 0 N–H and O–H groups in total. The lowest BCUT2D eigenvalue weighted by molar-refractivity contribution is 0.299. The molecule has 0 amide bonds. The molecular formula is C36H33O4P. The standard InChI is InChI=1S/C36H33O4P/c37-41(38-32-26-24-29(25-27-32)28-14-4-1-5-15-28,39-35-22-12-10-20-33(35)30-16-6-2-7-17-30)40-36-23-13-11-21-34(36)31-18-8-3-9-19-31/h2-3,6-13,16-28H,1,4-5,14-15H2. The molecule has 5 aromatic carbocycles. The van der Waals surface area contributed by atoms with Crippen LogP contribution >= 0.6 is 7.82 Å². The van der Waals surface area contributed by atoms with E-state index in [4.69, 9.17) is 13.6 Å². The molecule has 0 atom stereocenters. The molecule has 0 bridgehead atoms. The Hall–Kier alpha value is -4.27. The van der Waals surface area contributed by atoms with E-state index in [2.05, 4.69) is 12.1 Å². The van der Waals surface area contributed by atoms with Gasteiger partial charge in [0.1, 0.15) is 17.2 Å². The molecule has 206 valence electrons. The molecule has 0 radical (unpaired) electrons. The molecule has 0 saturated heterocycles. The second-order valence-corrected chi connectivity index (χ2v) is 11.8. The third-order valence-electron chi connectivity index (χ3n) is 7.54. The van der Waals surface area contributed by atoms with Crippen molar-refractivity contribution >= 4 is 7.82 Å². The topological polar surface area (TPSA) is 44.8 Å². The Morgan fingerprint density at radius 2 is 0.951 bits per heavy atom. The zero-order valence-electron chi connectivity index (χ0n) is 22.9. The van der Waals surface area contributed by atoms with Gasteiger partial charge in [0.05, 0.1) is 0 Å². The van der Waals surface area contributed by atoms with E-state index in [0.717, 1.165) is 22.3 Å². The molecule has 0 unspecified atom stereocenters. The van der Waals surface area contributed by atoms with Gasteiger partial charge in [-0.15, -0.1) is 0 Å². The molecule has 1 aliphatic rings. The predicted molar refractivity (Wildman–Crippen MR) is 166 cm³/mol. The van der Waals surface area contributed by atoms with E-state index in [-0.39, 0.29) is 0 Å². The van der Waals surface area contributed by atoms with E-state index in [1.54, 1.807) is 12.1 Å². The molecule has 5 aromatic rings. The van der Waals surface area contributed by atoms with E-state index in [0.29, 0.717) is 23.2 Å². The third-order valence-corrected chi connectivity index (χ3v) is 8.81. The highest BCUT2D eigenvalue weighted by molar-refractivity contribution is 7.49. The van der Waals surface area contributed by atoms with Crippen molar-refractivity contribution in [3.63, 3.8) is 0 Å². The number of phosphoric acid groups is 1. The van der Waals surface area contributed by atoms with Crippen LogP contribution in [0.1, 0.15) is 43.6 Å². The summed E-state index contributed by atoms with van der Waals surface area (Å²) in [6.07, 6.45) is 6.25. The maximum Gasteiger partial charge on any atom is 0.647 e. The second-order valence-electron chi connectivity index (χ2n) is 10.3. The SMILES string of the molecule is O=P(Oc1ccc(C2CCCCC2)cc1)(Oc1ccccc1-c1ccccc1)Oc1ccccc1-c1ccccc1. The van der Waals surface area contributed by atoms with E-state index >= 15 is 0 Å². The van der Waals surface area contributed by atoms with Gasteiger partial charge in [-0.2, -0.15) is 4.57 Å². The zero-order chi connectivity index (χ0) is 27.9. The van der Waals surface area contributed by atoms with Crippen LogP contribution in [0.2, 0.25) is 0 Å². The maximum absolute atomic E-state index is 14.6. The van der Waals surface area contributed by atoms with Crippen LogP contribution in [0.5, 0.6) is 17.2 Å². The van der Waals surface area contributed by atoms with Crippen molar-refractivity contribution in [2.45, 2.75) is 38.0 Å². The highest BCUT2D eigenvalue weighted by Gasteiger charge is 2.35. The summed E-state index contributed by atoms with van der Waals surface area (Å²) in [7, 11) is -4.23. The minimum absolute atomic E-state index is 0.415. The first kappa shape index (κ1) is 26.9. The average Bonchev–Trinajstić information content (AvgIpc) is 3.03. The smallest absolute Gasteiger partial charge is 0.386 e. The van der Waals surface area contributed by atoms with Crippen molar-refractivity contribution in [3.8, 4) is 39.5 Å². The second kappa shape index (κ2) is 12.5. The van der Waals surface area contributed by atoms with Crippen molar-refractivity contribution < 1.29 is 18.1 Å². The number of hydrogen-bond acceptors (Lipinski definition) is 4. The van der Waals surface area contributed by atoms with E-state index in [1.165, 1.54) is 37.7 Å². The number of rotatable bonds is 9. The quantitative estimate of drug-likeness (QED) is 0.168. The molecule has 4 nitrogen and oxygen atoms in total. The maximum atomic E-state index is 14.6. The number of para-hydroxylation sites is 2. The van der Waals surface area contributed by atoms with Crippen LogP contribution in [-0.4, -0.2) is 0 Å². The van der Waals surface area contributed by atoms with Crippen LogP contribution in [0.3, 0.4) is 0 Å². The molecule has 41 heavy (non-hydrogen) atoms. The van der Waals surface area contributed by atoms with E-state index < -0.39 is 7.82 Å². The van der Waals surface area contributed by atoms with E-state index in [1.807, 2.05) is 109 Å². The first-order chi connectivity index (χ1) is 20.2. The van der Waals surface area contributed by atoms with Crippen molar-refractivity contribution in [1.82, 2.24) is 0 Å². The first-order valence-electron chi connectivity index (χ1n) is 14.2. The van der Waals surface area contributed by atoms with Crippen LogP contribution in [-0.2, 0) is 4.57 Å². The number of hydrogen-bond donors (Lipinski definition) is 0. The summed E-state index contributed by atoms with van der Waals surface area (Å²) in [6.45, 7) is 0. The van der Waals surface area contributed by atoms with Gasteiger partial charge < -0.3 is 13.6 Å². The molecule has 0 spiro atoms. The molecule has 1 fully saturated rings. The predicted octanol–water partition coefficient (Wildman–Crippen LogP) is 10.7. The summed E-state index contributed by atoms with van der Waals surface area (Å²) in [5.74, 6) is 1.82. The Labute approximate surface area is 242 Å². The minimum Gasteiger partial charge on any atom is -0.386 e. The van der Waals surface area contributed by atoms with Gasteiger partial charge in [-0.25, -0.2) is 0 Å². The zero-order valence-corrected chi connectivity index (χ0v) is 23.8. The largest absolute Gasteiger partial charge is 0.647 e. The van der Waals surface area contributed by atoms with Crippen molar-refractivity contribution in [3.05, 3.63) is 139 Å². The normalized spacial score (nSPS) is 13.9. The molecule has 1 aliphatic carbocycles. The highest BCUT2D eigenvalue weighted by atomic mass is 31.2. The Bertz CT molecular complexity index is 1520.